The lowest BCUT2D eigenvalue weighted by atomic mass is 10.1. The van der Waals surface area contributed by atoms with Crippen LogP contribution in [-0.4, -0.2) is 22.0 Å². The highest BCUT2D eigenvalue weighted by Gasteiger charge is 2.16. The van der Waals surface area contributed by atoms with Gasteiger partial charge >= 0.3 is 0 Å². The molecule has 0 saturated heterocycles. The first-order chi connectivity index (χ1) is 12.0. The number of carbonyl (C=O) groups is 1. The Morgan fingerprint density at radius 3 is 2.64 bits per heavy atom. The van der Waals surface area contributed by atoms with Gasteiger partial charge in [-0.2, -0.15) is 0 Å². The number of carbonyl (C=O) groups excluding carboxylic acids is 1. The highest BCUT2D eigenvalue weighted by atomic mass is 32.1. The molecule has 0 aliphatic heterocycles. The Kier molecular flexibility index (Phi) is 4.99. The summed E-state index contributed by atoms with van der Waals surface area (Å²) in [6.07, 6.45) is 0.764. The van der Waals surface area contributed by atoms with Crippen molar-refractivity contribution < 1.29 is 4.79 Å². The molecule has 0 fully saturated rings. The third-order valence-electron chi connectivity index (χ3n) is 4.36. The van der Waals surface area contributed by atoms with Gasteiger partial charge in [-0.1, -0.05) is 30.3 Å². The summed E-state index contributed by atoms with van der Waals surface area (Å²) >= 11 is 1.52. The second-order valence-corrected chi connectivity index (χ2v) is 7.30. The Labute approximate surface area is 150 Å². The maximum Gasteiger partial charge on any atom is 0.263 e. The molecule has 0 radical (unpaired) electrons. The highest BCUT2D eigenvalue weighted by Crippen LogP contribution is 2.26. The summed E-state index contributed by atoms with van der Waals surface area (Å²) in [5, 5.41) is 3.51. The van der Waals surface area contributed by atoms with E-state index in [-0.39, 0.29) is 18.0 Å². The van der Waals surface area contributed by atoms with Crippen LogP contribution in [0.4, 0.5) is 0 Å². The molecular weight excluding hydrogens is 334 g/mol. The van der Waals surface area contributed by atoms with E-state index in [1.165, 1.54) is 21.5 Å². The van der Waals surface area contributed by atoms with Gasteiger partial charge in [0, 0.05) is 11.4 Å². The minimum Gasteiger partial charge on any atom is -0.354 e. The van der Waals surface area contributed by atoms with Crippen LogP contribution < -0.4 is 10.9 Å². The van der Waals surface area contributed by atoms with Crippen LogP contribution in [0, 0.1) is 20.8 Å². The molecule has 0 spiro atoms. The molecule has 3 aromatic rings. The van der Waals surface area contributed by atoms with Crippen molar-refractivity contribution >= 4 is 27.5 Å². The topological polar surface area (TPSA) is 64.0 Å². The Morgan fingerprint density at radius 1 is 1.20 bits per heavy atom. The smallest absolute Gasteiger partial charge is 0.263 e. The number of benzene rings is 1. The van der Waals surface area contributed by atoms with E-state index in [0.717, 1.165) is 21.7 Å². The largest absolute Gasteiger partial charge is 0.354 e. The predicted molar refractivity (Wildman–Crippen MR) is 101 cm³/mol. The van der Waals surface area contributed by atoms with Crippen LogP contribution in [0.2, 0.25) is 0 Å². The zero-order chi connectivity index (χ0) is 18.0. The van der Waals surface area contributed by atoms with Crippen molar-refractivity contribution in [1.29, 1.82) is 0 Å². The zero-order valence-corrected chi connectivity index (χ0v) is 15.4. The molecule has 5 nitrogen and oxygen atoms in total. The molecule has 0 unspecified atom stereocenters. The number of hydrogen-bond acceptors (Lipinski definition) is 4. The lowest BCUT2D eigenvalue weighted by Gasteiger charge is -2.10. The quantitative estimate of drug-likeness (QED) is 0.765. The van der Waals surface area contributed by atoms with E-state index < -0.39 is 0 Å². The van der Waals surface area contributed by atoms with Crippen molar-refractivity contribution in [3.8, 4) is 0 Å². The summed E-state index contributed by atoms with van der Waals surface area (Å²) in [5.74, 6) is 0.392. The summed E-state index contributed by atoms with van der Waals surface area (Å²) in [6.45, 7) is 6.22. The molecule has 1 aromatic carbocycles. The van der Waals surface area contributed by atoms with Crippen LogP contribution in [0.15, 0.2) is 35.1 Å². The van der Waals surface area contributed by atoms with Gasteiger partial charge in [0.2, 0.25) is 5.91 Å². The summed E-state index contributed by atoms with van der Waals surface area (Å²) in [7, 11) is 0. The minimum atomic E-state index is -0.174. The average molecular weight is 355 g/mol. The van der Waals surface area contributed by atoms with Crippen molar-refractivity contribution in [1.82, 2.24) is 14.9 Å². The molecule has 2 heterocycles. The fourth-order valence-corrected chi connectivity index (χ4v) is 3.87. The van der Waals surface area contributed by atoms with Gasteiger partial charge in [-0.25, -0.2) is 4.98 Å². The fourth-order valence-electron chi connectivity index (χ4n) is 2.81. The van der Waals surface area contributed by atoms with Crippen molar-refractivity contribution in [3.63, 3.8) is 0 Å². The van der Waals surface area contributed by atoms with E-state index >= 15 is 0 Å². The number of hydrogen-bond donors (Lipinski definition) is 1. The molecule has 6 heteroatoms. The number of amides is 1. The van der Waals surface area contributed by atoms with Crippen molar-refractivity contribution in [2.45, 2.75) is 33.7 Å². The maximum absolute atomic E-state index is 12.8. The van der Waals surface area contributed by atoms with E-state index in [9.17, 15) is 9.59 Å². The normalized spacial score (nSPS) is 11.0. The Balaban J connectivity index is 1.73. The first kappa shape index (κ1) is 17.4. The number of aromatic nitrogens is 2. The van der Waals surface area contributed by atoms with E-state index in [1.54, 1.807) is 6.92 Å². The molecule has 3 rings (SSSR count). The number of nitrogens with one attached hydrogen (secondary N) is 1. The molecular formula is C19H21N3O2S. The van der Waals surface area contributed by atoms with Gasteiger partial charge in [0.15, 0.2) is 0 Å². The van der Waals surface area contributed by atoms with Crippen LogP contribution in [0.3, 0.4) is 0 Å². The minimum absolute atomic E-state index is 0.00324. The molecule has 1 amide bonds. The second kappa shape index (κ2) is 7.19. The Hall–Kier alpha value is -2.47. The van der Waals surface area contributed by atoms with Gasteiger partial charge in [0.25, 0.3) is 5.56 Å². The van der Waals surface area contributed by atoms with Crippen LogP contribution in [0.5, 0.6) is 0 Å². The molecule has 0 aliphatic rings. The first-order valence-electron chi connectivity index (χ1n) is 8.25. The van der Waals surface area contributed by atoms with Gasteiger partial charge in [-0.3, -0.25) is 14.2 Å². The van der Waals surface area contributed by atoms with Crippen LogP contribution >= 0.6 is 11.3 Å². The zero-order valence-electron chi connectivity index (χ0n) is 14.6. The average Bonchev–Trinajstić information content (AvgIpc) is 2.86. The number of aryl methyl sites for hydroxylation is 3. The molecule has 0 atom stereocenters. The fraction of sp³-hybridized carbons (Fsp3) is 0.316. The van der Waals surface area contributed by atoms with Crippen LogP contribution in [0.1, 0.15) is 21.8 Å². The number of nitrogens with zero attached hydrogens (tertiary/aromatic N) is 2. The molecule has 0 saturated carbocycles. The third-order valence-corrected chi connectivity index (χ3v) is 5.46. The van der Waals surface area contributed by atoms with E-state index in [0.29, 0.717) is 17.8 Å². The van der Waals surface area contributed by atoms with E-state index in [2.05, 4.69) is 10.3 Å². The molecule has 0 aliphatic carbocycles. The van der Waals surface area contributed by atoms with E-state index in [1.807, 2.05) is 44.2 Å². The molecule has 130 valence electrons. The van der Waals surface area contributed by atoms with Gasteiger partial charge in [0.1, 0.15) is 17.2 Å². The number of rotatable bonds is 5. The summed E-state index contributed by atoms with van der Waals surface area (Å²) in [5.41, 5.74) is 1.99. The van der Waals surface area contributed by atoms with E-state index in [4.69, 9.17) is 0 Å². The Morgan fingerprint density at radius 2 is 1.92 bits per heavy atom. The molecule has 2 aromatic heterocycles. The highest BCUT2D eigenvalue weighted by molar-refractivity contribution is 7.18. The first-order valence-corrected chi connectivity index (χ1v) is 9.06. The number of fused-ring (bicyclic) bond motifs is 1. The maximum atomic E-state index is 12.8. The molecule has 25 heavy (non-hydrogen) atoms. The van der Waals surface area contributed by atoms with Crippen molar-refractivity contribution in [2.75, 3.05) is 6.54 Å². The van der Waals surface area contributed by atoms with Gasteiger partial charge in [-0.15, -0.1) is 11.3 Å². The lowest BCUT2D eigenvalue weighted by molar-refractivity contribution is -0.121. The van der Waals surface area contributed by atoms with Crippen LogP contribution in [0.25, 0.3) is 10.2 Å². The van der Waals surface area contributed by atoms with Crippen LogP contribution in [-0.2, 0) is 17.8 Å². The standard InChI is InChI=1S/C19H21N3O2S/c1-12-13(2)25-18-17(12)19(24)22(14(3)21-18)11-16(23)20-10-9-15-7-5-4-6-8-15/h4-8H,9-11H2,1-3H3,(H,20,23). The van der Waals surface area contributed by atoms with Crippen molar-refractivity contribution in [3.05, 3.63) is 62.5 Å². The SMILES string of the molecule is Cc1sc2nc(C)n(CC(=O)NCCc3ccccc3)c(=O)c2c1C. The monoisotopic (exact) mass is 355 g/mol. The van der Waals surface area contributed by atoms with Crippen molar-refractivity contribution in [2.24, 2.45) is 0 Å². The lowest BCUT2D eigenvalue weighted by Crippen LogP contribution is -2.34. The number of thiophene rings is 1. The summed E-state index contributed by atoms with van der Waals surface area (Å²) in [6, 6.07) is 9.98. The molecule has 0 bridgehead atoms. The Bertz CT molecular complexity index is 974. The molecule has 1 N–H and O–H groups in total. The second-order valence-electron chi connectivity index (χ2n) is 6.10. The summed E-state index contributed by atoms with van der Waals surface area (Å²) < 4.78 is 1.46. The summed E-state index contributed by atoms with van der Waals surface area (Å²) in [4.78, 5) is 31.3. The third kappa shape index (κ3) is 3.64. The predicted octanol–water partition coefficient (Wildman–Crippen LogP) is 2.74. The van der Waals surface area contributed by atoms with Gasteiger partial charge in [-0.05, 0) is 38.3 Å². The van der Waals surface area contributed by atoms with Gasteiger partial charge < -0.3 is 5.32 Å². The van der Waals surface area contributed by atoms with Gasteiger partial charge in [0.05, 0.1) is 5.39 Å².